The van der Waals surface area contributed by atoms with Crippen molar-refractivity contribution in [1.29, 1.82) is 0 Å². The third-order valence-electron chi connectivity index (χ3n) is 11.5. The van der Waals surface area contributed by atoms with Gasteiger partial charge in [-0.05, 0) is 24.0 Å². The molecule has 0 spiro atoms. The van der Waals surface area contributed by atoms with Crippen LogP contribution in [0.5, 0.6) is 0 Å². The Morgan fingerprint density at radius 1 is 0.389 bits per heavy atom. The van der Waals surface area contributed by atoms with Crippen LogP contribution in [-0.4, -0.2) is 11.6 Å². The maximum atomic E-state index is 14.0. The number of hydrogen-bond acceptors (Lipinski definition) is 3. The van der Waals surface area contributed by atoms with Gasteiger partial charge in [0, 0.05) is 30.4 Å². The number of unbranched alkanes of at least 4 members (excludes halogenated alkanes) is 26. The summed E-state index contributed by atoms with van der Waals surface area (Å²) in [5, 5.41) is 3.67. The van der Waals surface area contributed by atoms with Crippen LogP contribution >= 0.6 is 0 Å². The maximum absolute atomic E-state index is 14.0. The predicted molar refractivity (Wildman–Crippen MR) is 234 cm³/mol. The first-order valence-corrected chi connectivity index (χ1v) is 23.1. The first-order chi connectivity index (χ1) is 26.7. The SMILES string of the molecule is CCCCCCCCCCCCCCCCC(=O)C1=C(c2ccccc2)NC(c2ccccc2)=C(C(=O)CCCCCCCCCCCCCCCC)C1. The van der Waals surface area contributed by atoms with Gasteiger partial charge in [0.1, 0.15) is 0 Å². The van der Waals surface area contributed by atoms with E-state index in [9.17, 15) is 9.59 Å². The van der Waals surface area contributed by atoms with E-state index in [-0.39, 0.29) is 11.6 Å². The van der Waals surface area contributed by atoms with Crippen LogP contribution in [0.3, 0.4) is 0 Å². The number of dihydropyridines is 1. The van der Waals surface area contributed by atoms with E-state index in [1.807, 2.05) is 36.4 Å². The minimum atomic E-state index is 0.189. The minimum absolute atomic E-state index is 0.189. The van der Waals surface area contributed by atoms with Gasteiger partial charge in [-0.1, -0.05) is 241 Å². The molecule has 3 heteroatoms. The van der Waals surface area contributed by atoms with Crippen molar-refractivity contribution >= 4 is 23.0 Å². The van der Waals surface area contributed by atoms with Crippen LogP contribution in [0.15, 0.2) is 71.8 Å². The summed E-state index contributed by atoms with van der Waals surface area (Å²) in [4.78, 5) is 28.0. The molecule has 1 N–H and O–H groups in total. The van der Waals surface area contributed by atoms with E-state index in [1.165, 1.54) is 154 Å². The molecule has 300 valence electrons. The molecule has 0 bridgehead atoms. The number of allylic oxidation sites excluding steroid dienone is 2. The Morgan fingerprint density at radius 3 is 0.926 bits per heavy atom. The van der Waals surface area contributed by atoms with E-state index in [0.29, 0.717) is 19.3 Å². The quantitative estimate of drug-likeness (QED) is 0.0728. The summed E-state index contributed by atoms with van der Waals surface area (Å²) in [6.07, 6.45) is 38.0. The molecule has 0 aliphatic carbocycles. The van der Waals surface area contributed by atoms with E-state index in [0.717, 1.165) is 59.4 Å². The highest BCUT2D eigenvalue weighted by molar-refractivity contribution is 6.11. The first-order valence-electron chi connectivity index (χ1n) is 23.1. The van der Waals surface area contributed by atoms with E-state index in [2.05, 4.69) is 43.4 Å². The van der Waals surface area contributed by atoms with Gasteiger partial charge in [-0.15, -0.1) is 0 Å². The molecule has 0 saturated carbocycles. The van der Waals surface area contributed by atoms with Crippen molar-refractivity contribution in [1.82, 2.24) is 5.32 Å². The second kappa shape index (κ2) is 30.3. The van der Waals surface area contributed by atoms with Crippen LogP contribution in [0.1, 0.15) is 224 Å². The lowest BCUT2D eigenvalue weighted by molar-refractivity contribution is -0.116. The molecule has 2 aromatic carbocycles. The van der Waals surface area contributed by atoms with E-state index < -0.39 is 0 Å². The fourth-order valence-corrected chi connectivity index (χ4v) is 8.07. The number of rotatable bonds is 34. The molecule has 1 aliphatic heterocycles. The Hall–Kier alpha value is -2.94. The smallest absolute Gasteiger partial charge is 0.161 e. The lowest BCUT2D eigenvalue weighted by atomic mass is 9.85. The molecular formula is C51H79NO2. The lowest BCUT2D eigenvalue weighted by Crippen LogP contribution is -2.26. The van der Waals surface area contributed by atoms with Crippen molar-refractivity contribution in [3.8, 4) is 0 Å². The third-order valence-corrected chi connectivity index (χ3v) is 11.5. The van der Waals surface area contributed by atoms with Gasteiger partial charge in [-0.25, -0.2) is 0 Å². The van der Waals surface area contributed by atoms with Crippen molar-refractivity contribution in [3.63, 3.8) is 0 Å². The van der Waals surface area contributed by atoms with Crippen LogP contribution in [-0.2, 0) is 9.59 Å². The third kappa shape index (κ3) is 19.1. The molecule has 0 aromatic heterocycles. The monoisotopic (exact) mass is 738 g/mol. The highest BCUT2D eigenvalue weighted by atomic mass is 16.1. The average Bonchev–Trinajstić information content (AvgIpc) is 3.21. The molecule has 1 heterocycles. The van der Waals surface area contributed by atoms with Crippen LogP contribution in [0.2, 0.25) is 0 Å². The number of Topliss-reactive ketones (excluding diaryl/α,β-unsaturated/α-hetero) is 2. The Balaban J connectivity index is 1.47. The molecule has 0 unspecified atom stereocenters. The summed E-state index contributed by atoms with van der Waals surface area (Å²) in [5.41, 5.74) is 5.32. The van der Waals surface area contributed by atoms with Crippen molar-refractivity contribution in [3.05, 3.63) is 82.9 Å². The predicted octanol–water partition coefficient (Wildman–Crippen LogP) is 15.7. The van der Waals surface area contributed by atoms with Gasteiger partial charge in [-0.2, -0.15) is 0 Å². The fraction of sp³-hybridized carbons (Fsp3) is 0.647. The van der Waals surface area contributed by atoms with Crippen molar-refractivity contribution in [2.75, 3.05) is 0 Å². The van der Waals surface area contributed by atoms with Crippen LogP contribution in [0.4, 0.5) is 0 Å². The van der Waals surface area contributed by atoms with E-state index in [4.69, 9.17) is 0 Å². The number of hydrogen-bond donors (Lipinski definition) is 1. The van der Waals surface area contributed by atoms with Gasteiger partial charge in [0.25, 0.3) is 0 Å². The number of nitrogens with one attached hydrogen (secondary N) is 1. The maximum Gasteiger partial charge on any atom is 0.161 e. The zero-order valence-corrected chi connectivity index (χ0v) is 35.0. The second-order valence-electron chi connectivity index (χ2n) is 16.3. The number of carbonyl (C=O) groups excluding carboxylic acids is 2. The number of ketones is 2. The highest BCUT2D eigenvalue weighted by Crippen LogP contribution is 2.35. The summed E-state index contributed by atoms with van der Waals surface area (Å²) < 4.78 is 0. The standard InChI is InChI=1S/C51H79NO2/c1-3-5-7-9-11-13-15-17-19-21-23-25-27-35-41-48(53)46-43-47(49(54)42-36-28-26-24-22-20-18-16-14-12-10-8-6-4-2)51(45-39-33-30-34-40-45)52-50(46)44-37-31-29-32-38-44/h29-34,37-40,52H,3-28,35-36,41-43H2,1-2H3. The molecule has 54 heavy (non-hydrogen) atoms. The zero-order chi connectivity index (χ0) is 38.3. The van der Waals surface area contributed by atoms with Gasteiger partial charge in [0.2, 0.25) is 0 Å². The molecule has 0 atom stereocenters. The van der Waals surface area contributed by atoms with Crippen LogP contribution in [0.25, 0.3) is 11.4 Å². The Bertz CT molecular complexity index is 1220. The summed E-state index contributed by atoms with van der Waals surface area (Å²) in [7, 11) is 0. The van der Waals surface area contributed by atoms with Gasteiger partial charge >= 0.3 is 0 Å². The molecule has 0 fully saturated rings. The zero-order valence-electron chi connectivity index (χ0n) is 35.0. The largest absolute Gasteiger partial charge is 0.354 e. The average molecular weight is 738 g/mol. The highest BCUT2D eigenvalue weighted by Gasteiger charge is 2.29. The van der Waals surface area contributed by atoms with Gasteiger partial charge in [0.05, 0.1) is 11.4 Å². The summed E-state index contributed by atoms with van der Waals surface area (Å²) in [6.45, 7) is 4.57. The van der Waals surface area contributed by atoms with E-state index in [1.54, 1.807) is 0 Å². The number of carbonyl (C=O) groups is 2. The lowest BCUT2D eigenvalue weighted by Gasteiger charge is -2.27. The topological polar surface area (TPSA) is 46.2 Å². The fourth-order valence-electron chi connectivity index (χ4n) is 8.07. The molecule has 0 amide bonds. The van der Waals surface area contributed by atoms with Crippen LogP contribution < -0.4 is 5.32 Å². The molecule has 0 saturated heterocycles. The first kappa shape index (κ1) is 45.4. The molecule has 3 rings (SSSR count). The van der Waals surface area contributed by atoms with Gasteiger partial charge in [0.15, 0.2) is 11.6 Å². The molecule has 0 radical (unpaired) electrons. The summed E-state index contributed by atoms with van der Waals surface area (Å²) in [6, 6.07) is 20.5. The summed E-state index contributed by atoms with van der Waals surface area (Å²) >= 11 is 0. The van der Waals surface area contributed by atoms with Crippen molar-refractivity contribution < 1.29 is 9.59 Å². The second-order valence-corrected chi connectivity index (χ2v) is 16.3. The molecule has 1 aliphatic rings. The Labute approximate surface area is 332 Å². The minimum Gasteiger partial charge on any atom is -0.354 e. The number of benzene rings is 2. The van der Waals surface area contributed by atoms with Gasteiger partial charge < -0.3 is 5.32 Å². The Morgan fingerprint density at radius 2 is 0.648 bits per heavy atom. The Kier molecular flexibility index (Phi) is 25.5. The van der Waals surface area contributed by atoms with Crippen molar-refractivity contribution in [2.24, 2.45) is 0 Å². The summed E-state index contributed by atoms with van der Waals surface area (Å²) in [5.74, 6) is 0.378. The normalized spacial score (nSPS) is 13.1. The molecule has 2 aromatic rings. The van der Waals surface area contributed by atoms with Gasteiger partial charge in [-0.3, -0.25) is 9.59 Å². The molecular weight excluding hydrogens is 659 g/mol. The van der Waals surface area contributed by atoms with Crippen LogP contribution in [0, 0.1) is 0 Å². The molecule has 3 nitrogen and oxygen atoms in total. The van der Waals surface area contributed by atoms with Crippen molar-refractivity contribution in [2.45, 2.75) is 213 Å². The van der Waals surface area contributed by atoms with E-state index >= 15 is 0 Å².